The van der Waals surface area contributed by atoms with Crippen LogP contribution >= 0.6 is 11.3 Å². The summed E-state index contributed by atoms with van der Waals surface area (Å²) in [5, 5.41) is 3.89. The van der Waals surface area contributed by atoms with Crippen molar-refractivity contribution in [2.24, 2.45) is 0 Å². The van der Waals surface area contributed by atoms with Crippen LogP contribution < -0.4 is 0 Å². The van der Waals surface area contributed by atoms with Gasteiger partial charge in [-0.15, -0.1) is 11.3 Å². The highest BCUT2D eigenvalue weighted by atomic mass is 32.2. The normalized spacial score (nSPS) is 12.0. The van der Waals surface area contributed by atoms with Gasteiger partial charge in [-0.2, -0.15) is 9.29 Å². The molecule has 0 aliphatic rings. The monoisotopic (exact) mass is 423 g/mol. The standard InChI is InChI=1S/C19H22FN3O3S2/c1-4-6-10-23(5-2)28(24,25)17-12-16(27-13(17)3)19-21-18(22-26-19)14-8-7-9-15(20)11-14/h7-9,11-12H,4-6,10H2,1-3H3. The van der Waals surface area contributed by atoms with Gasteiger partial charge in [-0.25, -0.2) is 12.8 Å². The van der Waals surface area contributed by atoms with E-state index in [1.165, 1.54) is 27.8 Å². The Morgan fingerprint density at radius 3 is 2.71 bits per heavy atom. The lowest BCUT2D eigenvalue weighted by Crippen LogP contribution is -2.31. The molecule has 2 heterocycles. The first-order valence-electron chi connectivity index (χ1n) is 9.07. The number of sulfonamides is 1. The molecular weight excluding hydrogens is 401 g/mol. The highest BCUT2D eigenvalue weighted by molar-refractivity contribution is 7.89. The van der Waals surface area contributed by atoms with Gasteiger partial charge in [0.2, 0.25) is 15.8 Å². The van der Waals surface area contributed by atoms with Crippen molar-refractivity contribution in [3.05, 3.63) is 41.0 Å². The molecule has 0 aliphatic heterocycles. The molecule has 0 unspecified atom stereocenters. The van der Waals surface area contributed by atoms with Crippen molar-refractivity contribution < 1.29 is 17.3 Å². The summed E-state index contributed by atoms with van der Waals surface area (Å²) >= 11 is 1.28. The number of rotatable bonds is 8. The number of nitrogens with zero attached hydrogens (tertiary/aromatic N) is 3. The molecule has 0 saturated heterocycles. The van der Waals surface area contributed by atoms with Crippen LogP contribution in [-0.4, -0.2) is 36.0 Å². The smallest absolute Gasteiger partial charge is 0.268 e. The Bertz CT molecular complexity index is 1060. The lowest BCUT2D eigenvalue weighted by atomic mass is 10.2. The third-order valence-corrected chi connectivity index (χ3v) is 7.59. The molecule has 2 aromatic heterocycles. The van der Waals surface area contributed by atoms with Crippen LogP contribution in [0.5, 0.6) is 0 Å². The summed E-state index contributed by atoms with van der Waals surface area (Å²) in [5.74, 6) is 0.0736. The number of benzene rings is 1. The maximum Gasteiger partial charge on any atom is 0.268 e. The van der Waals surface area contributed by atoms with Gasteiger partial charge < -0.3 is 4.52 Å². The zero-order chi connectivity index (χ0) is 20.3. The Balaban J connectivity index is 1.92. The molecule has 0 atom stereocenters. The number of aryl methyl sites for hydroxylation is 1. The first kappa shape index (κ1) is 20.6. The second kappa shape index (κ2) is 8.50. The first-order chi connectivity index (χ1) is 13.4. The summed E-state index contributed by atoms with van der Waals surface area (Å²) in [7, 11) is -3.59. The first-order valence-corrected chi connectivity index (χ1v) is 11.3. The van der Waals surface area contributed by atoms with Crippen LogP contribution in [0.3, 0.4) is 0 Å². The van der Waals surface area contributed by atoms with E-state index in [1.54, 1.807) is 25.1 Å². The van der Waals surface area contributed by atoms with E-state index in [2.05, 4.69) is 10.1 Å². The van der Waals surface area contributed by atoms with Gasteiger partial charge in [-0.3, -0.25) is 0 Å². The molecule has 0 aliphatic carbocycles. The van der Waals surface area contributed by atoms with Crippen molar-refractivity contribution in [1.82, 2.24) is 14.4 Å². The minimum absolute atomic E-state index is 0.213. The number of hydrogen-bond acceptors (Lipinski definition) is 6. The van der Waals surface area contributed by atoms with Gasteiger partial charge in [-0.1, -0.05) is 37.6 Å². The van der Waals surface area contributed by atoms with Gasteiger partial charge in [-0.05, 0) is 31.5 Å². The fourth-order valence-electron chi connectivity index (χ4n) is 2.82. The van der Waals surface area contributed by atoms with Gasteiger partial charge in [0.15, 0.2) is 0 Å². The van der Waals surface area contributed by atoms with E-state index >= 15 is 0 Å². The zero-order valence-electron chi connectivity index (χ0n) is 16.0. The summed E-state index contributed by atoms with van der Waals surface area (Å²) in [4.78, 5) is 5.79. The van der Waals surface area contributed by atoms with Crippen molar-refractivity contribution in [2.45, 2.75) is 38.5 Å². The summed E-state index contributed by atoms with van der Waals surface area (Å²) in [6, 6.07) is 7.47. The summed E-state index contributed by atoms with van der Waals surface area (Å²) in [6.45, 7) is 6.53. The zero-order valence-corrected chi connectivity index (χ0v) is 17.6. The largest absolute Gasteiger partial charge is 0.333 e. The van der Waals surface area contributed by atoms with E-state index in [-0.39, 0.29) is 16.6 Å². The molecule has 6 nitrogen and oxygen atoms in total. The maximum atomic E-state index is 13.4. The van der Waals surface area contributed by atoms with Crippen molar-refractivity contribution >= 4 is 21.4 Å². The lowest BCUT2D eigenvalue weighted by Gasteiger charge is -2.19. The number of halogens is 1. The summed E-state index contributed by atoms with van der Waals surface area (Å²) in [6.07, 6.45) is 1.73. The Hall–Kier alpha value is -2.10. The molecule has 3 aromatic rings. The molecule has 0 radical (unpaired) electrons. The minimum atomic E-state index is -3.59. The van der Waals surface area contributed by atoms with Crippen LogP contribution in [0.15, 0.2) is 39.8 Å². The molecule has 0 spiro atoms. The second-order valence-electron chi connectivity index (χ2n) is 6.31. The van der Waals surface area contributed by atoms with Gasteiger partial charge in [0.1, 0.15) is 5.82 Å². The number of thiophene rings is 1. The van der Waals surface area contributed by atoms with Gasteiger partial charge in [0, 0.05) is 23.5 Å². The molecule has 3 rings (SSSR count). The molecule has 0 bridgehead atoms. The number of aromatic nitrogens is 2. The fourth-order valence-corrected chi connectivity index (χ4v) is 5.79. The van der Waals surface area contributed by atoms with Gasteiger partial charge in [0.05, 0.1) is 9.77 Å². The average Bonchev–Trinajstić information content (AvgIpc) is 3.29. The van der Waals surface area contributed by atoms with E-state index in [4.69, 9.17) is 4.52 Å². The fraction of sp³-hybridized carbons (Fsp3) is 0.368. The van der Waals surface area contributed by atoms with Crippen LogP contribution in [-0.2, 0) is 10.0 Å². The van der Waals surface area contributed by atoms with Crippen molar-refractivity contribution in [1.29, 1.82) is 0 Å². The Labute approximate surface area is 168 Å². The van der Waals surface area contributed by atoms with Gasteiger partial charge >= 0.3 is 0 Å². The highest BCUT2D eigenvalue weighted by Gasteiger charge is 2.27. The molecule has 1 aromatic carbocycles. The molecule has 0 amide bonds. The van der Waals surface area contributed by atoms with E-state index in [1.807, 2.05) is 13.8 Å². The van der Waals surface area contributed by atoms with Crippen molar-refractivity contribution in [3.63, 3.8) is 0 Å². The van der Waals surface area contributed by atoms with E-state index in [9.17, 15) is 12.8 Å². The molecule has 9 heteroatoms. The average molecular weight is 424 g/mol. The van der Waals surface area contributed by atoms with Gasteiger partial charge in [0.25, 0.3) is 5.89 Å². The van der Waals surface area contributed by atoms with Crippen molar-refractivity contribution in [3.8, 4) is 22.2 Å². The predicted molar refractivity (Wildman–Crippen MR) is 107 cm³/mol. The molecule has 0 N–H and O–H groups in total. The minimum Gasteiger partial charge on any atom is -0.333 e. The Kier molecular flexibility index (Phi) is 6.26. The number of hydrogen-bond donors (Lipinski definition) is 0. The van der Waals surface area contributed by atoms with E-state index in [0.29, 0.717) is 28.4 Å². The van der Waals surface area contributed by atoms with Crippen LogP contribution in [0.4, 0.5) is 4.39 Å². The molecule has 28 heavy (non-hydrogen) atoms. The molecule has 0 saturated carbocycles. The third-order valence-electron chi connectivity index (χ3n) is 4.32. The Morgan fingerprint density at radius 2 is 2.04 bits per heavy atom. The van der Waals surface area contributed by atoms with Crippen LogP contribution in [0, 0.1) is 12.7 Å². The van der Waals surface area contributed by atoms with E-state index in [0.717, 1.165) is 12.8 Å². The molecule has 0 fully saturated rings. The molecule has 150 valence electrons. The Morgan fingerprint density at radius 1 is 1.25 bits per heavy atom. The summed E-state index contributed by atoms with van der Waals surface area (Å²) in [5.41, 5.74) is 0.493. The maximum absolute atomic E-state index is 13.4. The van der Waals surface area contributed by atoms with Crippen molar-refractivity contribution in [2.75, 3.05) is 13.1 Å². The van der Waals surface area contributed by atoms with Crippen LogP contribution in [0.1, 0.15) is 31.6 Å². The quantitative estimate of drug-likeness (QED) is 0.524. The van der Waals surface area contributed by atoms with Crippen LogP contribution in [0.2, 0.25) is 0 Å². The topological polar surface area (TPSA) is 76.3 Å². The van der Waals surface area contributed by atoms with E-state index < -0.39 is 15.8 Å². The number of unbranched alkanes of at least 4 members (excludes halogenated alkanes) is 1. The third kappa shape index (κ3) is 4.16. The molecular formula is C19H22FN3O3S2. The SMILES string of the molecule is CCCCN(CC)S(=O)(=O)c1cc(-c2nc(-c3cccc(F)c3)no2)sc1C. The van der Waals surface area contributed by atoms with Crippen LogP contribution in [0.25, 0.3) is 22.2 Å². The lowest BCUT2D eigenvalue weighted by molar-refractivity contribution is 0.419. The second-order valence-corrected chi connectivity index (χ2v) is 9.48. The predicted octanol–water partition coefficient (Wildman–Crippen LogP) is 4.72. The highest BCUT2D eigenvalue weighted by Crippen LogP contribution is 2.35. The summed E-state index contributed by atoms with van der Waals surface area (Å²) < 4.78 is 46.2.